The first kappa shape index (κ1) is 21.7. The van der Waals surface area contributed by atoms with Crippen molar-refractivity contribution in [2.24, 2.45) is 17.8 Å². The van der Waals surface area contributed by atoms with Gasteiger partial charge in [-0.05, 0) is 48.8 Å². The van der Waals surface area contributed by atoms with Crippen LogP contribution in [0.15, 0.2) is 48.6 Å². The summed E-state index contributed by atoms with van der Waals surface area (Å²) in [5.74, 6) is 1.55. The molecule has 8 heteroatoms. The first-order valence-electron chi connectivity index (χ1n) is 11.9. The maximum absolute atomic E-state index is 13.7. The SMILES string of the molecule is COc1ccc2c(c1OC)C(=O)N1c3ccccc3C(=O)N(CC(=O)NCC3CC4C=CC3C4)C21. The molecule has 1 N–H and O–H groups in total. The topological polar surface area (TPSA) is 88.2 Å². The van der Waals surface area contributed by atoms with Crippen molar-refractivity contribution in [1.29, 1.82) is 0 Å². The second-order valence-corrected chi connectivity index (χ2v) is 9.61. The van der Waals surface area contributed by atoms with E-state index in [2.05, 4.69) is 17.5 Å². The van der Waals surface area contributed by atoms with Crippen LogP contribution in [0, 0.1) is 17.8 Å². The summed E-state index contributed by atoms with van der Waals surface area (Å²) in [6, 6.07) is 10.5. The summed E-state index contributed by atoms with van der Waals surface area (Å²) in [6.45, 7) is 0.448. The van der Waals surface area contributed by atoms with Gasteiger partial charge in [0, 0.05) is 12.1 Å². The van der Waals surface area contributed by atoms with Gasteiger partial charge in [0.2, 0.25) is 5.91 Å². The molecule has 6 rings (SSSR count). The molecule has 2 aliphatic heterocycles. The van der Waals surface area contributed by atoms with Crippen LogP contribution in [0.3, 0.4) is 0 Å². The molecule has 0 aromatic heterocycles. The Morgan fingerprint density at radius 2 is 1.86 bits per heavy atom. The van der Waals surface area contributed by atoms with Crippen molar-refractivity contribution < 1.29 is 23.9 Å². The number of allylic oxidation sites excluding steroid dienone is 2. The molecule has 8 nitrogen and oxygen atoms in total. The van der Waals surface area contributed by atoms with Crippen molar-refractivity contribution in [2.45, 2.75) is 19.0 Å². The van der Waals surface area contributed by atoms with Gasteiger partial charge in [-0.15, -0.1) is 0 Å². The minimum absolute atomic E-state index is 0.147. The highest BCUT2D eigenvalue weighted by Crippen LogP contribution is 2.49. The normalized spacial score (nSPS) is 25.4. The van der Waals surface area contributed by atoms with E-state index in [-0.39, 0.29) is 24.3 Å². The van der Waals surface area contributed by atoms with Gasteiger partial charge in [0.1, 0.15) is 12.7 Å². The molecule has 2 aromatic rings. The van der Waals surface area contributed by atoms with Gasteiger partial charge in [-0.2, -0.15) is 0 Å². The number of anilines is 1. The van der Waals surface area contributed by atoms with Crippen LogP contribution in [0.4, 0.5) is 5.69 Å². The molecule has 35 heavy (non-hydrogen) atoms. The van der Waals surface area contributed by atoms with Crippen molar-refractivity contribution >= 4 is 23.4 Å². The molecule has 2 aromatic carbocycles. The second kappa shape index (κ2) is 8.15. The number of fused-ring (bicyclic) bond motifs is 7. The first-order valence-corrected chi connectivity index (χ1v) is 11.9. The van der Waals surface area contributed by atoms with Gasteiger partial charge >= 0.3 is 0 Å². The van der Waals surface area contributed by atoms with Crippen LogP contribution < -0.4 is 19.7 Å². The molecule has 4 unspecified atom stereocenters. The fraction of sp³-hybridized carbons (Fsp3) is 0.370. The number of nitrogens with zero attached hydrogens (tertiary/aromatic N) is 2. The summed E-state index contributed by atoms with van der Waals surface area (Å²) in [6.07, 6.45) is 6.06. The minimum atomic E-state index is -0.740. The number of ether oxygens (including phenoxy) is 2. The Morgan fingerprint density at radius 1 is 1.03 bits per heavy atom. The fourth-order valence-corrected chi connectivity index (χ4v) is 6.17. The van der Waals surface area contributed by atoms with E-state index < -0.39 is 6.17 Å². The molecule has 3 amide bonds. The highest BCUT2D eigenvalue weighted by molar-refractivity contribution is 6.18. The molecule has 180 valence electrons. The third-order valence-corrected chi connectivity index (χ3v) is 7.78. The first-order chi connectivity index (χ1) is 17.0. The molecular weight excluding hydrogens is 446 g/mol. The van der Waals surface area contributed by atoms with Crippen LogP contribution in [0.25, 0.3) is 0 Å². The van der Waals surface area contributed by atoms with E-state index >= 15 is 0 Å². The Kier molecular flexibility index (Phi) is 5.05. The number of carbonyl (C=O) groups is 3. The standard InChI is InChI=1S/C27H27N3O5/c1-34-21-10-9-19-23(24(21)35-2)27(33)30-20-6-4-3-5-18(20)26(32)29(25(19)30)14-22(31)28-13-17-12-15-7-8-16(17)11-15/h3-10,15-17,25H,11-14H2,1-2H3,(H,28,31). The fourth-order valence-electron chi connectivity index (χ4n) is 6.17. The zero-order valence-corrected chi connectivity index (χ0v) is 19.7. The van der Waals surface area contributed by atoms with Crippen LogP contribution in [0.5, 0.6) is 11.5 Å². The maximum atomic E-state index is 13.7. The van der Waals surface area contributed by atoms with E-state index in [1.54, 1.807) is 41.3 Å². The molecule has 0 radical (unpaired) electrons. The molecule has 2 heterocycles. The van der Waals surface area contributed by atoms with Gasteiger partial charge < -0.3 is 19.7 Å². The van der Waals surface area contributed by atoms with E-state index in [4.69, 9.17) is 9.47 Å². The molecule has 1 fully saturated rings. The summed E-state index contributed by atoms with van der Waals surface area (Å²) in [4.78, 5) is 43.4. The highest BCUT2D eigenvalue weighted by Gasteiger charge is 2.50. The van der Waals surface area contributed by atoms with Crippen molar-refractivity contribution in [1.82, 2.24) is 10.2 Å². The number of carbonyl (C=O) groups excluding carboxylic acids is 3. The lowest BCUT2D eigenvalue weighted by atomic mass is 9.93. The number of hydrogen-bond acceptors (Lipinski definition) is 5. The molecule has 2 aliphatic carbocycles. The Morgan fingerprint density at radius 3 is 2.57 bits per heavy atom. The maximum Gasteiger partial charge on any atom is 0.264 e. The van der Waals surface area contributed by atoms with Gasteiger partial charge in [-0.3, -0.25) is 19.3 Å². The predicted octanol–water partition coefficient (Wildman–Crippen LogP) is 3.15. The number of para-hydroxylation sites is 1. The number of rotatable bonds is 6. The number of nitrogens with one attached hydrogen (secondary N) is 1. The Balaban J connectivity index is 1.33. The van der Waals surface area contributed by atoms with E-state index in [9.17, 15) is 14.4 Å². The average Bonchev–Trinajstić information content (AvgIpc) is 3.58. The zero-order valence-electron chi connectivity index (χ0n) is 19.7. The zero-order chi connectivity index (χ0) is 24.3. The van der Waals surface area contributed by atoms with Crippen molar-refractivity contribution in [3.05, 3.63) is 65.2 Å². The third-order valence-electron chi connectivity index (χ3n) is 7.78. The summed E-state index contributed by atoms with van der Waals surface area (Å²) in [5.41, 5.74) is 1.87. The van der Waals surface area contributed by atoms with E-state index in [0.717, 1.165) is 6.42 Å². The molecule has 4 atom stereocenters. The molecule has 0 saturated heterocycles. The Labute approximate surface area is 203 Å². The summed E-state index contributed by atoms with van der Waals surface area (Å²) >= 11 is 0. The molecule has 2 bridgehead atoms. The Hall–Kier alpha value is -3.81. The minimum Gasteiger partial charge on any atom is -0.493 e. The third kappa shape index (κ3) is 3.23. The lowest BCUT2D eigenvalue weighted by Gasteiger charge is -2.40. The van der Waals surface area contributed by atoms with Crippen LogP contribution in [0.1, 0.15) is 45.3 Å². The number of methoxy groups -OCH3 is 2. The number of benzene rings is 2. The van der Waals surface area contributed by atoms with E-state index in [1.807, 2.05) is 0 Å². The van der Waals surface area contributed by atoms with Crippen molar-refractivity contribution in [3.63, 3.8) is 0 Å². The van der Waals surface area contributed by atoms with Gasteiger partial charge in [0.25, 0.3) is 11.8 Å². The lowest BCUT2D eigenvalue weighted by Crippen LogP contribution is -2.51. The number of hydrogen-bond donors (Lipinski definition) is 1. The van der Waals surface area contributed by atoms with Crippen LogP contribution in [-0.4, -0.2) is 49.9 Å². The highest BCUT2D eigenvalue weighted by atomic mass is 16.5. The van der Waals surface area contributed by atoms with E-state index in [1.165, 1.54) is 25.5 Å². The van der Waals surface area contributed by atoms with Crippen LogP contribution >= 0.6 is 0 Å². The lowest BCUT2D eigenvalue weighted by molar-refractivity contribution is -0.122. The largest absolute Gasteiger partial charge is 0.493 e. The predicted molar refractivity (Wildman–Crippen MR) is 128 cm³/mol. The quantitative estimate of drug-likeness (QED) is 0.652. The average molecular weight is 474 g/mol. The molecule has 0 spiro atoms. The molecule has 1 saturated carbocycles. The summed E-state index contributed by atoms with van der Waals surface area (Å²) in [7, 11) is 3.00. The van der Waals surface area contributed by atoms with Gasteiger partial charge in [-0.25, -0.2) is 0 Å². The molecule has 4 aliphatic rings. The summed E-state index contributed by atoms with van der Waals surface area (Å²) in [5, 5.41) is 3.04. The summed E-state index contributed by atoms with van der Waals surface area (Å²) < 4.78 is 10.9. The second-order valence-electron chi connectivity index (χ2n) is 9.61. The molecular formula is C27H27N3O5. The smallest absolute Gasteiger partial charge is 0.264 e. The van der Waals surface area contributed by atoms with Crippen LogP contribution in [-0.2, 0) is 4.79 Å². The monoisotopic (exact) mass is 473 g/mol. The van der Waals surface area contributed by atoms with Gasteiger partial charge in [0.05, 0.1) is 31.0 Å². The van der Waals surface area contributed by atoms with Gasteiger partial charge in [0.15, 0.2) is 11.5 Å². The number of amides is 3. The Bertz CT molecular complexity index is 1270. The van der Waals surface area contributed by atoms with Crippen LogP contribution in [0.2, 0.25) is 0 Å². The van der Waals surface area contributed by atoms with Crippen molar-refractivity contribution in [2.75, 3.05) is 32.2 Å². The van der Waals surface area contributed by atoms with Gasteiger partial charge in [-0.1, -0.05) is 30.4 Å². The van der Waals surface area contributed by atoms with Crippen molar-refractivity contribution in [3.8, 4) is 11.5 Å². The van der Waals surface area contributed by atoms with E-state index in [0.29, 0.717) is 58.2 Å².